The van der Waals surface area contributed by atoms with Crippen molar-refractivity contribution in [2.75, 3.05) is 6.61 Å². The Labute approximate surface area is 205 Å². The van der Waals surface area contributed by atoms with Crippen molar-refractivity contribution in [3.8, 4) is 11.4 Å². The highest BCUT2D eigenvalue weighted by Crippen LogP contribution is 2.47. The van der Waals surface area contributed by atoms with Gasteiger partial charge in [-0.25, -0.2) is 14.2 Å². The highest BCUT2D eigenvalue weighted by Gasteiger charge is 2.46. The molecule has 3 aliphatic rings. The number of esters is 1. The van der Waals surface area contributed by atoms with Crippen LogP contribution >= 0.6 is 12.4 Å². The van der Waals surface area contributed by atoms with Gasteiger partial charge in [-0.2, -0.15) is 0 Å². The minimum absolute atomic E-state index is 0. The fourth-order valence-corrected chi connectivity index (χ4v) is 5.88. The van der Waals surface area contributed by atoms with Gasteiger partial charge in [0.25, 0.3) is 5.56 Å². The van der Waals surface area contributed by atoms with Crippen molar-refractivity contribution < 1.29 is 24.1 Å². The molecule has 3 aromatic rings. The van der Waals surface area contributed by atoms with Gasteiger partial charge in [-0.1, -0.05) is 6.92 Å². The van der Waals surface area contributed by atoms with Gasteiger partial charge >= 0.3 is 5.97 Å². The molecule has 1 aromatic carbocycles. The predicted octanol–water partition coefficient (Wildman–Crippen LogP) is 2.04. The van der Waals surface area contributed by atoms with Crippen LogP contribution in [0.15, 0.2) is 16.9 Å². The highest BCUT2D eigenvalue weighted by atomic mass is 35.5. The first-order valence-corrected chi connectivity index (χ1v) is 11.4. The second-order valence-corrected chi connectivity index (χ2v) is 9.59. The Hall–Kier alpha value is -2.85. The van der Waals surface area contributed by atoms with Crippen LogP contribution in [0.1, 0.15) is 53.1 Å². The number of aliphatic hydroxyl groups is 2. The van der Waals surface area contributed by atoms with Crippen LogP contribution in [0.3, 0.4) is 0 Å². The van der Waals surface area contributed by atoms with Crippen LogP contribution in [-0.2, 0) is 40.2 Å². The SMILES string of the molecule is CC[C@@]1(O)C(=O)OCc2c1cc1n(c2=O)Cc2c-1nc1cc(F)c(C)c3c1c2[C@](N)(CO)CC3.Cl. The van der Waals surface area contributed by atoms with Crippen molar-refractivity contribution >= 4 is 29.3 Å². The average molecular weight is 502 g/mol. The van der Waals surface area contributed by atoms with Crippen molar-refractivity contribution in [1.82, 2.24) is 9.55 Å². The molecule has 0 unspecified atom stereocenters. The minimum Gasteiger partial charge on any atom is -0.458 e. The molecule has 0 spiro atoms. The summed E-state index contributed by atoms with van der Waals surface area (Å²) in [6.45, 7) is 3.00. The van der Waals surface area contributed by atoms with Gasteiger partial charge in [-0.05, 0) is 48.9 Å². The third-order valence-electron chi connectivity index (χ3n) is 7.90. The van der Waals surface area contributed by atoms with Crippen LogP contribution in [0.4, 0.5) is 4.39 Å². The highest BCUT2D eigenvalue weighted by molar-refractivity contribution is 5.93. The van der Waals surface area contributed by atoms with Crippen LogP contribution < -0.4 is 11.3 Å². The monoisotopic (exact) mass is 501 g/mol. The van der Waals surface area contributed by atoms with Gasteiger partial charge in [0.15, 0.2) is 5.60 Å². The Balaban J connectivity index is 0.00000253. The molecule has 2 aromatic heterocycles. The standard InChI is InChI=1S/C25H24FN3O5.ClH/c1-3-25(33)15-6-18-21-13(8-29(18)22(31)14(15)9-34-23(25)32)20-19-12(4-5-24(20,27)10-30)11(2)16(26)7-17(19)28-21;/h6-7,30,33H,3-5,8-10,27H2,1-2H3;1H/t24-,25+;/m1./s1. The Bertz CT molecular complexity index is 1520. The van der Waals surface area contributed by atoms with Gasteiger partial charge in [0, 0.05) is 22.6 Å². The van der Waals surface area contributed by atoms with Gasteiger partial charge in [0.1, 0.15) is 12.4 Å². The second kappa shape index (κ2) is 7.57. The largest absolute Gasteiger partial charge is 0.458 e. The molecule has 4 N–H and O–H groups in total. The van der Waals surface area contributed by atoms with Crippen molar-refractivity contribution in [1.29, 1.82) is 0 Å². The van der Waals surface area contributed by atoms with E-state index in [4.69, 9.17) is 15.5 Å². The van der Waals surface area contributed by atoms with Crippen molar-refractivity contribution in [2.45, 2.75) is 57.4 Å². The fraction of sp³-hybridized carbons (Fsp3) is 0.400. The molecule has 1 aliphatic carbocycles. The number of pyridine rings is 2. The number of aliphatic hydroxyl groups excluding tert-OH is 1. The minimum atomic E-state index is -1.94. The van der Waals surface area contributed by atoms with E-state index in [1.54, 1.807) is 19.9 Å². The predicted molar refractivity (Wildman–Crippen MR) is 128 cm³/mol. The van der Waals surface area contributed by atoms with E-state index in [-0.39, 0.29) is 61.1 Å². The molecule has 8 nitrogen and oxygen atoms in total. The van der Waals surface area contributed by atoms with Crippen molar-refractivity contribution in [3.05, 3.63) is 61.7 Å². The number of nitrogens with zero attached hydrogens (tertiary/aromatic N) is 2. The zero-order valence-electron chi connectivity index (χ0n) is 19.3. The molecular weight excluding hydrogens is 477 g/mol. The molecule has 35 heavy (non-hydrogen) atoms. The third-order valence-corrected chi connectivity index (χ3v) is 7.90. The van der Waals surface area contributed by atoms with Crippen molar-refractivity contribution in [2.24, 2.45) is 5.73 Å². The van der Waals surface area contributed by atoms with Gasteiger partial charge < -0.3 is 25.3 Å². The van der Waals surface area contributed by atoms with E-state index in [0.717, 1.165) is 10.9 Å². The van der Waals surface area contributed by atoms with Crippen LogP contribution in [0.25, 0.3) is 22.3 Å². The number of aryl methyl sites for hydroxylation is 1. The molecule has 0 saturated carbocycles. The second-order valence-electron chi connectivity index (χ2n) is 9.59. The summed E-state index contributed by atoms with van der Waals surface area (Å²) in [4.78, 5) is 30.6. The van der Waals surface area contributed by atoms with Gasteiger partial charge in [0.05, 0.1) is 41.2 Å². The number of hydrogen-bond donors (Lipinski definition) is 3. The number of cyclic esters (lactones) is 1. The first kappa shape index (κ1) is 23.9. The topological polar surface area (TPSA) is 128 Å². The number of nitrogens with two attached hydrogens (primary N) is 1. The number of ether oxygens (including phenoxy) is 1. The molecule has 2 aliphatic heterocycles. The lowest BCUT2D eigenvalue weighted by atomic mass is 9.74. The zero-order valence-corrected chi connectivity index (χ0v) is 20.1. The van der Waals surface area contributed by atoms with E-state index < -0.39 is 17.1 Å². The van der Waals surface area contributed by atoms with E-state index in [1.807, 2.05) is 0 Å². The Morgan fingerprint density at radius 3 is 2.69 bits per heavy atom. The lowest BCUT2D eigenvalue weighted by molar-refractivity contribution is -0.172. The normalized spacial score (nSPS) is 23.9. The first-order chi connectivity index (χ1) is 16.1. The number of aromatic nitrogens is 2. The Morgan fingerprint density at radius 2 is 2.00 bits per heavy atom. The molecule has 0 radical (unpaired) electrons. The number of hydrogen-bond acceptors (Lipinski definition) is 7. The molecule has 10 heteroatoms. The van der Waals surface area contributed by atoms with E-state index in [1.165, 1.54) is 10.6 Å². The van der Waals surface area contributed by atoms with Gasteiger partial charge in [-0.15, -0.1) is 12.4 Å². The number of fused-ring (bicyclic) bond motifs is 5. The molecule has 2 atom stereocenters. The zero-order chi connectivity index (χ0) is 24.2. The quantitative estimate of drug-likeness (QED) is 0.359. The van der Waals surface area contributed by atoms with E-state index in [0.29, 0.717) is 46.4 Å². The molecule has 4 heterocycles. The number of halogens is 2. The summed E-state index contributed by atoms with van der Waals surface area (Å²) in [6.07, 6.45) is 0.968. The lowest BCUT2D eigenvalue weighted by Gasteiger charge is -2.36. The Kier molecular flexibility index (Phi) is 5.16. The maximum atomic E-state index is 14.8. The van der Waals surface area contributed by atoms with Crippen LogP contribution in [0.2, 0.25) is 0 Å². The summed E-state index contributed by atoms with van der Waals surface area (Å²) in [6, 6.07) is 2.98. The number of carbonyl (C=O) groups excluding carboxylic acids is 1. The van der Waals surface area contributed by atoms with E-state index >= 15 is 0 Å². The first-order valence-electron chi connectivity index (χ1n) is 11.4. The number of rotatable bonds is 2. The molecular formula is C25H25ClFN3O5. The summed E-state index contributed by atoms with van der Waals surface area (Å²) >= 11 is 0. The summed E-state index contributed by atoms with van der Waals surface area (Å²) < 4.78 is 21.4. The van der Waals surface area contributed by atoms with E-state index in [9.17, 15) is 24.2 Å². The Morgan fingerprint density at radius 1 is 1.26 bits per heavy atom. The van der Waals surface area contributed by atoms with Crippen LogP contribution in [-0.4, -0.2) is 32.3 Å². The van der Waals surface area contributed by atoms with E-state index in [2.05, 4.69) is 0 Å². The summed E-state index contributed by atoms with van der Waals surface area (Å²) in [5, 5.41) is 22.1. The van der Waals surface area contributed by atoms with Gasteiger partial charge in [0.2, 0.25) is 0 Å². The maximum absolute atomic E-state index is 14.8. The number of benzene rings is 1. The maximum Gasteiger partial charge on any atom is 0.343 e. The molecule has 0 amide bonds. The van der Waals surface area contributed by atoms with Crippen molar-refractivity contribution in [3.63, 3.8) is 0 Å². The average Bonchev–Trinajstić information content (AvgIpc) is 3.19. The fourth-order valence-electron chi connectivity index (χ4n) is 5.88. The van der Waals surface area contributed by atoms with Gasteiger partial charge in [-0.3, -0.25) is 4.79 Å². The molecule has 0 fully saturated rings. The molecule has 0 saturated heterocycles. The smallest absolute Gasteiger partial charge is 0.343 e. The lowest BCUT2D eigenvalue weighted by Crippen LogP contribution is -2.44. The molecule has 0 bridgehead atoms. The van der Waals surface area contributed by atoms with Crippen LogP contribution in [0, 0.1) is 12.7 Å². The molecule has 184 valence electrons. The number of carbonyl (C=O) groups is 1. The molecule has 6 rings (SSSR count). The summed E-state index contributed by atoms with van der Waals surface area (Å²) in [5.74, 6) is -1.17. The third kappa shape index (κ3) is 2.86. The summed E-state index contributed by atoms with van der Waals surface area (Å²) in [5.41, 5.74) is 7.74. The summed E-state index contributed by atoms with van der Waals surface area (Å²) in [7, 11) is 0. The van der Waals surface area contributed by atoms with Crippen LogP contribution in [0.5, 0.6) is 0 Å².